The third-order valence-electron chi connectivity index (χ3n) is 5.43. The van der Waals surface area contributed by atoms with Crippen molar-refractivity contribution in [3.63, 3.8) is 0 Å². The van der Waals surface area contributed by atoms with Crippen LogP contribution in [-0.4, -0.2) is 27.4 Å². The molecule has 0 atom stereocenters. The van der Waals surface area contributed by atoms with E-state index in [-0.39, 0.29) is 5.91 Å². The molecule has 0 radical (unpaired) electrons. The number of nitrogens with zero attached hydrogens (tertiary/aromatic N) is 1. The molecular weight excluding hydrogens is 384 g/mol. The molecule has 0 fully saturated rings. The van der Waals surface area contributed by atoms with Crippen LogP contribution in [0.4, 0.5) is 0 Å². The van der Waals surface area contributed by atoms with Gasteiger partial charge in [0.2, 0.25) is 5.91 Å². The maximum Gasteiger partial charge on any atom is 0.244 e. The number of fused-ring (bicyclic) bond motifs is 2. The molecule has 3 heterocycles. The first-order valence-corrected chi connectivity index (χ1v) is 10.3. The van der Waals surface area contributed by atoms with Gasteiger partial charge in [0.25, 0.3) is 0 Å². The van der Waals surface area contributed by atoms with Gasteiger partial charge in [-0.3, -0.25) is 4.79 Å². The highest BCUT2D eigenvalue weighted by Gasteiger charge is 2.07. The van der Waals surface area contributed by atoms with E-state index in [1.54, 1.807) is 18.3 Å². The molecule has 0 saturated carbocycles. The molecule has 0 spiro atoms. The fourth-order valence-electron chi connectivity index (χ4n) is 3.86. The van der Waals surface area contributed by atoms with Crippen molar-refractivity contribution >= 4 is 33.9 Å². The van der Waals surface area contributed by atoms with Crippen molar-refractivity contribution in [2.24, 2.45) is 0 Å². The summed E-state index contributed by atoms with van der Waals surface area (Å²) in [7, 11) is 0. The lowest BCUT2D eigenvalue weighted by Gasteiger charge is -2.02. The molecule has 0 aliphatic rings. The molecule has 3 N–H and O–H groups in total. The third kappa shape index (κ3) is 3.98. The Balaban J connectivity index is 1.25. The van der Waals surface area contributed by atoms with Crippen molar-refractivity contribution in [2.45, 2.75) is 6.42 Å². The Labute approximate surface area is 179 Å². The maximum atomic E-state index is 12.3. The van der Waals surface area contributed by atoms with Gasteiger partial charge in [-0.2, -0.15) is 0 Å². The Bertz CT molecular complexity index is 1380. The lowest BCUT2D eigenvalue weighted by atomic mass is 10.1. The van der Waals surface area contributed by atoms with Gasteiger partial charge in [-0.05, 0) is 41.3 Å². The van der Waals surface area contributed by atoms with Crippen molar-refractivity contribution in [2.75, 3.05) is 6.54 Å². The Morgan fingerprint density at radius 3 is 2.71 bits per heavy atom. The van der Waals surface area contributed by atoms with E-state index in [9.17, 15) is 4.79 Å². The summed E-state index contributed by atoms with van der Waals surface area (Å²) in [5.41, 5.74) is 6.27. The molecule has 5 heteroatoms. The number of H-pyrrole nitrogens is 2. The van der Waals surface area contributed by atoms with Gasteiger partial charge in [0.15, 0.2) is 0 Å². The smallest absolute Gasteiger partial charge is 0.244 e. The van der Waals surface area contributed by atoms with Crippen molar-refractivity contribution in [3.8, 4) is 11.1 Å². The molecule has 3 aromatic heterocycles. The van der Waals surface area contributed by atoms with E-state index in [0.29, 0.717) is 6.54 Å². The summed E-state index contributed by atoms with van der Waals surface area (Å²) in [6.07, 6.45) is 9.89. The average molecular weight is 406 g/mol. The van der Waals surface area contributed by atoms with Gasteiger partial charge < -0.3 is 15.3 Å². The van der Waals surface area contributed by atoms with E-state index < -0.39 is 0 Å². The van der Waals surface area contributed by atoms with Gasteiger partial charge in [0.1, 0.15) is 5.65 Å². The number of rotatable bonds is 6. The maximum absolute atomic E-state index is 12.3. The molecule has 152 valence electrons. The van der Waals surface area contributed by atoms with E-state index in [1.165, 1.54) is 10.9 Å². The average Bonchev–Trinajstić information content (AvgIpc) is 3.42. The van der Waals surface area contributed by atoms with Crippen LogP contribution in [-0.2, 0) is 11.2 Å². The zero-order chi connectivity index (χ0) is 21.0. The number of benzene rings is 2. The molecule has 2 aromatic carbocycles. The van der Waals surface area contributed by atoms with Crippen LogP contribution in [0.1, 0.15) is 11.1 Å². The van der Waals surface area contributed by atoms with E-state index in [1.807, 2.05) is 42.7 Å². The Hall–Kier alpha value is -4.12. The summed E-state index contributed by atoms with van der Waals surface area (Å²) in [6.45, 7) is 0.582. The molecule has 5 rings (SSSR count). The largest absolute Gasteiger partial charge is 0.361 e. The first kappa shape index (κ1) is 18.9. The number of pyridine rings is 1. The lowest BCUT2D eigenvalue weighted by molar-refractivity contribution is -0.116. The monoisotopic (exact) mass is 406 g/mol. The molecule has 5 aromatic rings. The number of hydrogen-bond donors (Lipinski definition) is 3. The van der Waals surface area contributed by atoms with Gasteiger partial charge in [0.05, 0.1) is 0 Å². The van der Waals surface area contributed by atoms with Crippen LogP contribution in [0, 0.1) is 0 Å². The van der Waals surface area contributed by atoms with Crippen molar-refractivity contribution < 1.29 is 4.79 Å². The summed E-state index contributed by atoms with van der Waals surface area (Å²) in [4.78, 5) is 23.2. The minimum absolute atomic E-state index is 0.114. The summed E-state index contributed by atoms with van der Waals surface area (Å²) >= 11 is 0. The van der Waals surface area contributed by atoms with Crippen molar-refractivity contribution in [3.05, 3.63) is 96.5 Å². The van der Waals surface area contributed by atoms with Crippen molar-refractivity contribution in [1.82, 2.24) is 20.3 Å². The topological polar surface area (TPSA) is 73.6 Å². The quantitative estimate of drug-likeness (QED) is 0.344. The normalized spacial score (nSPS) is 11.5. The second-order valence-electron chi connectivity index (χ2n) is 7.47. The number of carbonyl (C=O) groups excluding carboxylic acids is 1. The zero-order valence-corrected chi connectivity index (χ0v) is 16.9. The van der Waals surface area contributed by atoms with Gasteiger partial charge in [-0.15, -0.1) is 0 Å². The van der Waals surface area contributed by atoms with Crippen LogP contribution >= 0.6 is 0 Å². The molecule has 31 heavy (non-hydrogen) atoms. The summed E-state index contributed by atoms with van der Waals surface area (Å²) in [6, 6.07) is 20.4. The molecular formula is C26H22N4O. The molecule has 1 amide bonds. The summed E-state index contributed by atoms with van der Waals surface area (Å²) in [5, 5.41) is 5.20. The predicted molar refractivity (Wildman–Crippen MR) is 126 cm³/mol. The fourth-order valence-corrected chi connectivity index (χ4v) is 3.86. The second-order valence-corrected chi connectivity index (χ2v) is 7.47. The lowest BCUT2D eigenvalue weighted by Crippen LogP contribution is -2.23. The molecule has 0 unspecified atom stereocenters. The number of carbonyl (C=O) groups is 1. The highest BCUT2D eigenvalue weighted by Crippen LogP contribution is 2.28. The molecule has 0 bridgehead atoms. The minimum Gasteiger partial charge on any atom is -0.361 e. The number of aromatic amines is 2. The summed E-state index contributed by atoms with van der Waals surface area (Å²) < 4.78 is 0. The number of aromatic nitrogens is 3. The standard InChI is InChI=1S/C26H22N4O/c31-25(27-13-12-20-16-28-24-9-5-4-8-21(20)24)11-10-18-14-22-23(17-30-26(22)29-15-18)19-6-2-1-3-7-19/h1-11,14-17,28H,12-13H2,(H,27,31)(H,29,30)/b11-10+. The van der Waals surface area contributed by atoms with Gasteiger partial charge in [0, 0.05) is 53.1 Å². The van der Waals surface area contributed by atoms with Crippen molar-refractivity contribution in [1.29, 1.82) is 0 Å². The molecule has 0 saturated heterocycles. The highest BCUT2D eigenvalue weighted by atomic mass is 16.1. The van der Waals surface area contributed by atoms with E-state index in [2.05, 4.69) is 50.6 Å². The van der Waals surface area contributed by atoms with E-state index >= 15 is 0 Å². The summed E-state index contributed by atoms with van der Waals surface area (Å²) in [5.74, 6) is -0.114. The van der Waals surface area contributed by atoms with Crippen LogP contribution in [0.15, 0.2) is 85.3 Å². The van der Waals surface area contributed by atoms with Gasteiger partial charge in [-0.25, -0.2) is 4.98 Å². The first-order chi connectivity index (χ1) is 15.3. The third-order valence-corrected chi connectivity index (χ3v) is 5.43. The van der Waals surface area contributed by atoms with E-state index in [0.717, 1.165) is 39.7 Å². The SMILES string of the molecule is O=C(/C=C/c1cnc2[nH]cc(-c3ccccc3)c2c1)NCCc1c[nH]c2ccccc12. The van der Waals surface area contributed by atoms with Gasteiger partial charge >= 0.3 is 0 Å². The Kier molecular flexibility index (Phi) is 5.07. The number of hydrogen-bond acceptors (Lipinski definition) is 2. The van der Waals surface area contributed by atoms with Gasteiger partial charge in [-0.1, -0.05) is 48.5 Å². The second kappa shape index (κ2) is 8.32. The first-order valence-electron chi connectivity index (χ1n) is 10.3. The molecule has 0 aliphatic heterocycles. The highest BCUT2D eigenvalue weighted by molar-refractivity contribution is 5.96. The van der Waals surface area contributed by atoms with Crippen LogP contribution in [0.2, 0.25) is 0 Å². The van der Waals surface area contributed by atoms with Crippen LogP contribution < -0.4 is 5.32 Å². The fraction of sp³-hybridized carbons (Fsp3) is 0.0769. The van der Waals surface area contributed by atoms with E-state index in [4.69, 9.17) is 0 Å². The number of nitrogens with one attached hydrogen (secondary N) is 3. The predicted octanol–water partition coefficient (Wildman–Crippen LogP) is 5.08. The zero-order valence-electron chi connectivity index (χ0n) is 16.9. The minimum atomic E-state index is -0.114. The molecule has 0 aliphatic carbocycles. The number of para-hydroxylation sites is 1. The van der Waals surface area contributed by atoms with Crippen LogP contribution in [0.25, 0.3) is 39.1 Å². The molecule has 5 nitrogen and oxygen atoms in total. The Morgan fingerprint density at radius 2 is 1.81 bits per heavy atom. The van der Waals surface area contributed by atoms with Crippen LogP contribution in [0.5, 0.6) is 0 Å². The number of amides is 1. The van der Waals surface area contributed by atoms with Crippen LogP contribution in [0.3, 0.4) is 0 Å². The Morgan fingerprint density at radius 1 is 0.968 bits per heavy atom.